The lowest BCUT2D eigenvalue weighted by molar-refractivity contribution is 0.606. The number of aryl methyl sites for hydroxylation is 2. The molecule has 0 saturated carbocycles. The van der Waals surface area contributed by atoms with Crippen LogP contribution in [0.2, 0.25) is 0 Å². The molecule has 0 aliphatic rings. The zero-order valence-electron chi connectivity index (χ0n) is 9.59. The first-order valence-corrected chi connectivity index (χ1v) is 5.66. The molecule has 0 amide bonds. The lowest BCUT2D eigenvalue weighted by atomic mass is 10.0. The van der Waals surface area contributed by atoms with E-state index in [4.69, 9.17) is 0 Å². The Labute approximate surface area is 91.8 Å². The summed E-state index contributed by atoms with van der Waals surface area (Å²) in [5.74, 6) is -0.0505. The second-order valence-electron chi connectivity index (χ2n) is 3.78. The van der Waals surface area contributed by atoms with E-state index >= 15 is 0 Å². The number of allylic oxidation sites excluding steroid dienone is 2. The summed E-state index contributed by atoms with van der Waals surface area (Å²) in [5, 5.41) is 0. The summed E-state index contributed by atoms with van der Waals surface area (Å²) in [6, 6.07) is 5.63. The topological polar surface area (TPSA) is 0 Å². The molecule has 0 atom stereocenters. The van der Waals surface area contributed by atoms with Gasteiger partial charge >= 0.3 is 0 Å². The highest BCUT2D eigenvalue weighted by atomic mass is 19.1. The third-order valence-electron chi connectivity index (χ3n) is 2.47. The second kappa shape index (κ2) is 6.39. The van der Waals surface area contributed by atoms with Crippen LogP contribution >= 0.6 is 0 Å². The van der Waals surface area contributed by atoms with Gasteiger partial charge in [0.2, 0.25) is 0 Å². The van der Waals surface area contributed by atoms with Crippen molar-refractivity contribution in [1.29, 1.82) is 0 Å². The first-order chi connectivity index (χ1) is 7.27. The van der Waals surface area contributed by atoms with Crippen LogP contribution in [0.4, 0.5) is 4.39 Å². The molecule has 1 aromatic rings. The van der Waals surface area contributed by atoms with Crippen molar-refractivity contribution in [2.75, 3.05) is 0 Å². The Morgan fingerprint density at radius 1 is 1.27 bits per heavy atom. The van der Waals surface area contributed by atoms with Gasteiger partial charge in [-0.15, -0.1) is 0 Å². The Hall–Kier alpha value is -1.11. The van der Waals surface area contributed by atoms with E-state index in [2.05, 4.69) is 13.0 Å². The van der Waals surface area contributed by atoms with E-state index in [1.165, 1.54) is 0 Å². The molecule has 0 fully saturated rings. The fourth-order valence-corrected chi connectivity index (χ4v) is 1.64. The summed E-state index contributed by atoms with van der Waals surface area (Å²) in [6.45, 7) is 4.10. The number of hydrogen-bond donors (Lipinski definition) is 0. The van der Waals surface area contributed by atoms with E-state index < -0.39 is 0 Å². The fourth-order valence-electron chi connectivity index (χ4n) is 1.64. The molecule has 0 aliphatic heterocycles. The van der Waals surface area contributed by atoms with Crippen LogP contribution in [0.3, 0.4) is 0 Å². The Balaban J connectivity index is 2.65. The predicted octanol–water partition coefficient (Wildman–Crippen LogP) is 4.29. The molecule has 0 bridgehead atoms. The molecular weight excluding hydrogens is 187 g/mol. The number of rotatable bonds is 5. The van der Waals surface area contributed by atoms with E-state index in [0.717, 1.165) is 36.8 Å². The first kappa shape index (κ1) is 12.0. The largest absolute Gasteiger partial charge is 0.207 e. The van der Waals surface area contributed by atoms with Crippen molar-refractivity contribution >= 4 is 0 Å². The minimum absolute atomic E-state index is 0.0505. The van der Waals surface area contributed by atoms with Crippen molar-refractivity contribution in [3.8, 4) is 0 Å². The Morgan fingerprint density at radius 3 is 2.67 bits per heavy atom. The minimum Gasteiger partial charge on any atom is -0.207 e. The average Bonchev–Trinajstić information content (AvgIpc) is 2.22. The van der Waals surface area contributed by atoms with Crippen molar-refractivity contribution in [2.24, 2.45) is 0 Å². The zero-order valence-corrected chi connectivity index (χ0v) is 9.59. The van der Waals surface area contributed by atoms with Crippen LogP contribution in [-0.4, -0.2) is 0 Å². The smallest absolute Gasteiger partial charge is 0.126 e. The van der Waals surface area contributed by atoms with Gasteiger partial charge in [-0.3, -0.25) is 0 Å². The molecule has 82 valence electrons. The molecule has 0 nitrogen and oxygen atoms in total. The van der Waals surface area contributed by atoms with Crippen LogP contribution in [0, 0.1) is 5.82 Å². The van der Waals surface area contributed by atoms with Gasteiger partial charge in [-0.05, 0) is 43.4 Å². The van der Waals surface area contributed by atoms with Crippen molar-refractivity contribution in [2.45, 2.75) is 39.5 Å². The molecule has 15 heavy (non-hydrogen) atoms. The number of halogens is 1. The summed E-state index contributed by atoms with van der Waals surface area (Å²) in [7, 11) is 0. The minimum atomic E-state index is -0.0505. The van der Waals surface area contributed by atoms with Gasteiger partial charge in [0.25, 0.3) is 0 Å². The second-order valence-corrected chi connectivity index (χ2v) is 3.78. The van der Waals surface area contributed by atoms with Crippen LogP contribution in [0.25, 0.3) is 0 Å². The Bertz CT molecular complexity index is 326. The molecule has 0 radical (unpaired) electrons. The van der Waals surface area contributed by atoms with Gasteiger partial charge in [-0.1, -0.05) is 37.6 Å². The van der Waals surface area contributed by atoms with Gasteiger partial charge < -0.3 is 0 Å². The lowest BCUT2D eigenvalue weighted by Gasteiger charge is -2.04. The fraction of sp³-hybridized carbons (Fsp3) is 0.429. The quantitative estimate of drug-likeness (QED) is 0.630. The summed E-state index contributed by atoms with van der Waals surface area (Å²) in [5.41, 5.74) is 1.93. The van der Waals surface area contributed by atoms with Crippen LogP contribution in [0.5, 0.6) is 0 Å². The lowest BCUT2D eigenvalue weighted by Crippen LogP contribution is -1.92. The third-order valence-corrected chi connectivity index (χ3v) is 2.47. The maximum atomic E-state index is 13.6. The monoisotopic (exact) mass is 206 g/mol. The Morgan fingerprint density at radius 2 is 2.07 bits per heavy atom. The summed E-state index contributed by atoms with van der Waals surface area (Å²) >= 11 is 0. The molecule has 0 N–H and O–H groups in total. The van der Waals surface area contributed by atoms with Crippen LogP contribution < -0.4 is 0 Å². The van der Waals surface area contributed by atoms with E-state index in [1.807, 2.05) is 25.1 Å². The van der Waals surface area contributed by atoms with Gasteiger partial charge in [0, 0.05) is 0 Å². The summed E-state index contributed by atoms with van der Waals surface area (Å²) in [6.07, 6.45) is 7.81. The van der Waals surface area contributed by atoms with Gasteiger partial charge in [0.1, 0.15) is 5.82 Å². The molecule has 1 aromatic carbocycles. The van der Waals surface area contributed by atoms with E-state index in [-0.39, 0.29) is 5.82 Å². The molecule has 0 aromatic heterocycles. The molecule has 0 aliphatic carbocycles. The van der Waals surface area contributed by atoms with Crippen molar-refractivity contribution in [3.63, 3.8) is 0 Å². The van der Waals surface area contributed by atoms with E-state index in [1.54, 1.807) is 6.07 Å². The van der Waals surface area contributed by atoms with Gasteiger partial charge in [-0.2, -0.15) is 0 Å². The van der Waals surface area contributed by atoms with Gasteiger partial charge in [0.05, 0.1) is 0 Å². The normalized spacial score (nSPS) is 11.1. The average molecular weight is 206 g/mol. The van der Waals surface area contributed by atoms with Crippen molar-refractivity contribution in [1.82, 2.24) is 0 Å². The van der Waals surface area contributed by atoms with E-state index in [0.29, 0.717) is 0 Å². The molecule has 1 rings (SSSR count). The SMILES string of the molecule is C/C=C/CCc1ccc(CCC)cc1F. The van der Waals surface area contributed by atoms with E-state index in [9.17, 15) is 4.39 Å². The van der Waals surface area contributed by atoms with Crippen molar-refractivity contribution < 1.29 is 4.39 Å². The highest BCUT2D eigenvalue weighted by Crippen LogP contribution is 2.13. The van der Waals surface area contributed by atoms with Crippen LogP contribution in [-0.2, 0) is 12.8 Å². The summed E-state index contributed by atoms with van der Waals surface area (Å²) in [4.78, 5) is 0. The van der Waals surface area contributed by atoms with Crippen LogP contribution in [0.1, 0.15) is 37.8 Å². The molecule has 0 spiro atoms. The molecule has 1 heteroatoms. The maximum Gasteiger partial charge on any atom is 0.126 e. The zero-order chi connectivity index (χ0) is 11.1. The highest BCUT2D eigenvalue weighted by Gasteiger charge is 2.02. The highest BCUT2D eigenvalue weighted by molar-refractivity contribution is 5.24. The molecule has 0 unspecified atom stereocenters. The van der Waals surface area contributed by atoms with Gasteiger partial charge in [0.15, 0.2) is 0 Å². The molecule has 0 heterocycles. The Kier molecular flexibility index (Phi) is 5.09. The van der Waals surface area contributed by atoms with Gasteiger partial charge in [-0.25, -0.2) is 4.39 Å². The molecule has 0 saturated heterocycles. The third kappa shape index (κ3) is 3.86. The van der Waals surface area contributed by atoms with Crippen molar-refractivity contribution in [3.05, 3.63) is 47.3 Å². The number of hydrogen-bond acceptors (Lipinski definition) is 0. The summed E-state index contributed by atoms with van der Waals surface area (Å²) < 4.78 is 13.6. The standard InChI is InChI=1S/C14H19F/c1-3-5-6-8-13-10-9-12(7-4-2)11-14(13)15/h3,5,9-11H,4,6-8H2,1-2H3/b5-3+. The number of benzene rings is 1. The van der Waals surface area contributed by atoms with Crippen LogP contribution in [0.15, 0.2) is 30.4 Å². The molecular formula is C14H19F. The first-order valence-electron chi connectivity index (χ1n) is 5.66. The predicted molar refractivity (Wildman–Crippen MR) is 63.5 cm³/mol. The maximum absolute atomic E-state index is 13.6.